The summed E-state index contributed by atoms with van der Waals surface area (Å²) in [5, 5.41) is 22.1. The molecule has 0 atom stereocenters. The molecule has 2 heterocycles. The highest BCUT2D eigenvalue weighted by atomic mass is 32.2. The third kappa shape index (κ3) is 4.99. The SMILES string of the molecule is Cn1cc(C#N)nc1C(=O)Nc1cc(CO)c(C2CNS(=O)(=O)NC2)cc1C1=CCCCC1. The molecule has 1 saturated heterocycles. The van der Waals surface area contributed by atoms with E-state index in [2.05, 4.69) is 25.8 Å². The summed E-state index contributed by atoms with van der Waals surface area (Å²) in [5.41, 5.74) is 4.08. The first kappa shape index (κ1) is 23.1. The van der Waals surface area contributed by atoms with Gasteiger partial charge in [0.05, 0.1) is 6.61 Å². The Bertz CT molecular complexity index is 1240. The molecule has 0 unspecified atom stereocenters. The van der Waals surface area contributed by atoms with Crippen LogP contribution in [0.25, 0.3) is 5.57 Å². The van der Waals surface area contributed by atoms with Gasteiger partial charge >= 0.3 is 0 Å². The number of nitrogens with zero attached hydrogens (tertiary/aromatic N) is 3. The van der Waals surface area contributed by atoms with Crippen molar-refractivity contribution in [2.24, 2.45) is 7.05 Å². The molecule has 1 amide bonds. The van der Waals surface area contributed by atoms with Crippen molar-refractivity contribution in [2.45, 2.75) is 38.2 Å². The minimum atomic E-state index is -3.50. The Hall–Kier alpha value is -3.04. The van der Waals surface area contributed by atoms with Gasteiger partial charge in [-0.2, -0.15) is 13.7 Å². The molecule has 10 nitrogen and oxygen atoms in total. The standard InChI is InChI=1S/C22H26N6O4S/c1-28-12-17(9-23)26-21(28)22(30)27-20-7-15(13-29)18(16-10-24-33(31,32)25-11-16)8-19(20)14-5-3-2-4-6-14/h5,7-8,12,16,24-25,29H,2-4,6,10-11,13H2,1H3,(H,27,30). The number of nitriles is 1. The molecular formula is C22H26N6O4S. The topological polar surface area (TPSA) is 149 Å². The van der Waals surface area contributed by atoms with Gasteiger partial charge in [-0.1, -0.05) is 6.08 Å². The Kier molecular flexibility index (Phi) is 6.62. The fourth-order valence-corrected chi connectivity index (χ4v) is 5.25. The van der Waals surface area contributed by atoms with E-state index in [4.69, 9.17) is 5.26 Å². The second kappa shape index (κ2) is 9.44. The quantitative estimate of drug-likeness (QED) is 0.520. The van der Waals surface area contributed by atoms with Crippen molar-refractivity contribution >= 4 is 27.4 Å². The van der Waals surface area contributed by atoms with E-state index in [1.807, 2.05) is 12.1 Å². The maximum Gasteiger partial charge on any atom is 0.291 e. The van der Waals surface area contributed by atoms with Gasteiger partial charge in [0.25, 0.3) is 16.1 Å². The third-order valence-electron chi connectivity index (χ3n) is 6.01. The number of nitrogens with one attached hydrogen (secondary N) is 3. The van der Waals surface area contributed by atoms with E-state index in [1.165, 1.54) is 10.8 Å². The van der Waals surface area contributed by atoms with E-state index in [-0.39, 0.29) is 37.1 Å². The maximum absolute atomic E-state index is 13.0. The monoisotopic (exact) mass is 470 g/mol. The van der Waals surface area contributed by atoms with Gasteiger partial charge in [0.1, 0.15) is 6.07 Å². The predicted molar refractivity (Wildman–Crippen MR) is 122 cm³/mol. The largest absolute Gasteiger partial charge is 0.392 e. The summed E-state index contributed by atoms with van der Waals surface area (Å²) in [7, 11) is -1.85. The second-order valence-corrected chi connectivity index (χ2v) is 9.84. The number of aromatic nitrogens is 2. The van der Waals surface area contributed by atoms with Crippen molar-refractivity contribution in [1.82, 2.24) is 19.0 Å². The van der Waals surface area contributed by atoms with Gasteiger partial charge in [-0.25, -0.2) is 14.4 Å². The number of amides is 1. The molecule has 1 aliphatic carbocycles. The summed E-state index contributed by atoms with van der Waals surface area (Å²) in [4.78, 5) is 17.1. The van der Waals surface area contributed by atoms with Gasteiger partial charge in [-0.05, 0) is 54.5 Å². The molecule has 11 heteroatoms. The lowest BCUT2D eigenvalue weighted by molar-refractivity contribution is 0.101. The Balaban J connectivity index is 1.74. The zero-order chi connectivity index (χ0) is 23.6. The summed E-state index contributed by atoms with van der Waals surface area (Å²) < 4.78 is 29.9. The summed E-state index contributed by atoms with van der Waals surface area (Å²) >= 11 is 0. The van der Waals surface area contributed by atoms with Crippen LogP contribution in [0.4, 0.5) is 5.69 Å². The van der Waals surface area contributed by atoms with Crippen LogP contribution in [0.5, 0.6) is 0 Å². The smallest absolute Gasteiger partial charge is 0.291 e. The Morgan fingerprint density at radius 2 is 2.09 bits per heavy atom. The summed E-state index contributed by atoms with van der Waals surface area (Å²) in [5.74, 6) is -0.521. The Morgan fingerprint density at radius 1 is 1.33 bits per heavy atom. The number of rotatable bonds is 5. The van der Waals surface area contributed by atoms with E-state index in [1.54, 1.807) is 13.1 Å². The van der Waals surface area contributed by atoms with Crippen molar-refractivity contribution in [1.29, 1.82) is 5.26 Å². The van der Waals surface area contributed by atoms with Crippen molar-refractivity contribution in [3.05, 3.63) is 52.6 Å². The fourth-order valence-electron chi connectivity index (χ4n) is 4.30. The molecule has 4 rings (SSSR count). The number of benzene rings is 1. The van der Waals surface area contributed by atoms with Gasteiger partial charge in [-0.3, -0.25) is 4.79 Å². The molecule has 1 aliphatic heterocycles. The van der Waals surface area contributed by atoms with Crippen molar-refractivity contribution in [3.63, 3.8) is 0 Å². The van der Waals surface area contributed by atoms with Gasteiger partial charge in [0, 0.05) is 43.5 Å². The van der Waals surface area contributed by atoms with Crippen LogP contribution < -0.4 is 14.8 Å². The van der Waals surface area contributed by atoms with Gasteiger partial charge < -0.3 is 15.0 Å². The number of carbonyl (C=O) groups is 1. The normalized spacial score (nSPS) is 18.4. The average molecular weight is 471 g/mol. The number of aliphatic hydroxyl groups excluding tert-OH is 1. The zero-order valence-electron chi connectivity index (χ0n) is 18.3. The number of aryl methyl sites for hydroxylation is 1. The zero-order valence-corrected chi connectivity index (χ0v) is 19.1. The van der Waals surface area contributed by atoms with E-state index in [9.17, 15) is 18.3 Å². The fraction of sp³-hybridized carbons (Fsp3) is 0.409. The first-order chi connectivity index (χ1) is 15.8. The third-order valence-corrected chi connectivity index (χ3v) is 7.10. The lowest BCUT2D eigenvalue weighted by Gasteiger charge is -2.27. The van der Waals surface area contributed by atoms with Crippen LogP contribution in [0.2, 0.25) is 0 Å². The van der Waals surface area contributed by atoms with E-state index in [0.717, 1.165) is 42.4 Å². The number of carbonyl (C=O) groups excluding carboxylic acids is 1. The summed E-state index contributed by atoms with van der Waals surface area (Å²) in [6, 6.07) is 5.62. The maximum atomic E-state index is 13.0. The van der Waals surface area contributed by atoms with Crippen LogP contribution >= 0.6 is 0 Å². The number of hydrogen-bond donors (Lipinski definition) is 4. The number of hydrogen-bond acceptors (Lipinski definition) is 6. The molecule has 0 saturated carbocycles. The van der Waals surface area contributed by atoms with Gasteiger partial charge in [-0.15, -0.1) is 0 Å². The summed E-state index contributed by atoms with van der Waals surface area (Å²) in [6.45, 7) is 0.176. The molecular weight excluding hydrogens is 444 g/mol. The van der Waals surface area contributed by atoms with Crippen LogP contribution in [-0.4, -0.2) is 42.1 Å². The molecule has 4 N–H and O–H groups in total. The average Bonchev–Trinajstić information content (AvgIpc) is 3.20. The molecule has 0 spiro atoms. The molecule has 33 heavy (non-hydrogen) atoms. The van der Waals surface area contributed by atoms with Crippen LogP contribution in [0, 0.1) is 11.3 Å². The number of allylic oxidation sites excluding steroid dienone is 2. The molecule has 2 aromatic rings. The van der Waals surface area contributed by atoms with Gasteiger partial charge in [0.15, 0.2) is 11.5 Å². The highest BCUT2D eigenvalue weighted by Crippen LogP contribution is 2.36. The lowest BCUT2D eigenvalue weighted by atomic mass is 9.86. The number of imidazole rings is 1. The molecule has 0 radical (unpaired) electrons. The van der Waals surface area contributed by atoms with Gasteiger partial charge in [0.2, 0.25) is 0 Å². The van der Waals surface area contributed by atoms with E-state index in [0.29, 0.717) is 11.3 Å². The van der Waals surface area contributed by atoms with Crippen LogP contribution in [0.3, 0.4) is 0 Å². The number of aliphatic hydroxyl groups is 1. The van der Waals surface area contributed by atoms with E-state index < -0.39 is 16.1 Å². The van der Waals surface area contributed by atoms with Crippen molar-refractivity contribution in [3.8, 4) is 6.07 Å². The predicted octanol–water partition coefficient (Wildman–Crippen LogP) is 1.51. The van der Waals surface area contributed by atoms with Crippen molar-refractivity contribution < 1.29 is 18.3 Å². The lowest BCUT2D eigenvalue weighted by Crippen LogP contribution is -2.47. The first-order valence-corrected chi connectivity index (χ1v) is 12.3. The Labute approximate surface area is 192 Å². The van der Waals surface area contributed by atoms with Crippen LogP contribution in [0.1, 0.15) is 64.6 Å². The molecule has 2 aliphatic rings. The minimum absolute atomic E-state index is 0.107. The van der Waals surface area contributed by atoms with Crippen molar-refractivity contribution in [2.75, 3.05) is 18.4 Å². The van der Waals surface area contributed by atoms with E-state index >= 15 is 0 Å². The second-order valence-electron chi connectivity index (χ2n) is 8.25. The molecule has 174 valence electrons. The molecule has 0 bridgehead atoms. The highest BCUT2D eigenvalue weighted by Gasteiger charge is 2.27. The van der Waals surface area contributed by atoms with Crippen LogP contribution in [0.15, 0.2) is 24.4 Å². The molecule has 1 aromatic carbocycles. The minimum Gasteiger partial charge on any atom is -0.392 e. The molecule has 1 fully saturated rings. The highest BCUT2D eigenvalue weighted by molar-refractivity contribution is 7.87. The summed E-state index contributed by atoms with van der Waals surface area (Å²) in [6.07, 6.45) is 7.58. The molecule has 1 aromatic heterocycles. The first-order valence-electron chi connectivity index (χ1n) is 10.8. The Morgan fingerprint density at radius 3 is 2.70 bits per heavy atom. The van der Waals surface area contributed by atoms with Crippen LogP contribution in [-0.2, 0) is 23.9 Å². The number of anilines is 1.